The van der Waals surface area contributed by atoms with E-state index in [0.29, 0.717) is 10.2 Å². The summed E-state index contributed by atoms with van der Waals surface area (Å²) in [5, 5.41) is 9.06. The average molecular weight is 246 g/mol. The van der Waals surface area contributed by atoms with Gasteiger partial charge in [0.05, 0.1) is 5.56 Å². The molecular formula is C14H18N2S. The van der Waals surface area contributed by atoms with Gasteiger partial charge in [-0.05, 0) is 35.3 Å². The predicted octanol–water partition coefficient (Wildman–Crippen LogP) is 3.87. The molecule has 1 aromatic rings. The van der Waals surface area contributed by atoms with E-state index in [2.05, 4.69) is 38.7 Å². The maximum Gasteiger partial charge on any atom is 0.121 e. The van der Waals surface area contributed by atoms with Gasteiger partial charge in [0.25, 0.3) is 0 Å². The summed E-state index contributed by atoms with van der Waals surface area (Å²) >= 11 is 5.21. The van der Waals surface area contributed by atoms with Crippen LogP contribution in [0.25, 0.3) is 0 Å². The summed E-state index contributed by atoms with van der Waals surface area (Å²) in [5.74, 6) is 0. The number of hydrogen-bond acceptors (Lipinski definition) is 2. The Morgan fingerprint density at radius 1 is 1.35 bits per heavy atom. The van der Waals surface area contributed by atoms with Crippen LogP contribution >= 0.6 is 12.2 Å². The molecule has 3 heteroatoms. The lowest BCUT2D eigenvalue weighted by molar-refractivity contribution is 0.227. The Balaban J connectivity index is 2.68. The second-order valence-corrected chi connectivity index (χ2v) is 6.83. The van der Waals surface area contributed by atoms with E-state index < -0.39 is 0 Å². The summed E-state index contributed by atoms with van der Waals surface area (Å²) in [7, 11) is 0. The van der Waals surface area contributed by atoms with Crippen LogP contribution in [0.5, 0.6) is 0 Å². The Labute approximate surface area is 108 Å². The van der Waals surface area contributed by atoms with Crippen molar-refractivity contribution in [2.75, 3.05) is 0 Å². The number of aromatic nitrogens is 1. The number of rotatable bonds is 0. The molecule has 17 heavy (non-hydrogen) atoms. The Kier molecular flexibility index (Phi) is 2.67. The lowest BCUT2D eigenvalue weighted by atomic mass is 9.64. The minimum atomic E-state index is 0.0994. The van der Waals surface area contributed by atoms with Crippen molar-refractivity contribution in [2.24, 2.45) is 5.41 Å². The third-order valence-electron chi connectivity index (χ3n) is 3.55. The molecular weight excluding hydrogens is 228 g/mol. The van der Waals surface area contributed by atoms with Crippen LogP contribution in [0.4, 0.5) is 0 Å². The Morgan fingerprint density at radius 3 is 2.59 bits per heavy atom. The quantitative estimate of drug-likeness (QED) is 0.706. The molecule has 0 saturated heterocycles. The Bertz CT molecular complexity index is 559. The van der Waals surface area contributed by atoms with Crippen LogP contribution in [0.15, 0.2) is 6.07 Å². The van der Waals surface area contributed by atoms with E-state index in [1.54, 1.807) is 0 Å². The number of aromatic amines is 1. The van der Waals surface area contributed by atoms with Gasteiger partial charge < -0.3 is 4.98 Å². The molecule has 0 atom stereocenters. The molecule has 0 amide bonds. The van der Waals surface area contributed by atoms with Crippen LogP contribution < -0.4 is 0 Å². The maximum absolute atomic E-state index is 9.06. The van der Waals surface area contributed by atoms with Crippen molar-refractivity contribution >= 4 is 12.2 Å². The van der Waals surface area contributed by atoms with E-state index in [1.807, 2.05) is 6.07 Å². The van der Waals surface area contributed by atoms with E-state index in [9.17, 15) is 0 Å². The summed E-state index contributed by atoms with van der Waals surface area (Å²) in [6.45, 7) is 9.05. The monoisotopic (exact) mass is 246 g/mol. The highest BCUT2D eigenvalue weighted by atomic mass is 32.1. The van der Waals surface area contributed by atoms with Gasteiger partial charge in [0.1, 0.15) is 10.7 Å². The van der Waals surface area contributed by atoms with Gasteiger partial charge in [-0.1, -0.05) is 39.9 Å². The van der Waals surface area contributed by atoms with Gasteiger partial charge in [0, 0.05) is 5.69 Å². The fourth-order valence-corrected chi connectivity index (χ4v) is 3.46. The molecule has 1 heterocycles. The first-order chi connectivity index (χ1) is 7.75. The molecule has 0 spiro atoms. The lowest BCUT2D eigenvalue weighted by Crippen LogP contribution is -2.35. The molecule has 2 rings (SSSR count). The number of hydrogen-bond donors (Lipinski definition) is 1. The van der Waals surface area contributed by atoms with Crippen LogP contribution in [-0.4, -0.2) is 4.98 Å². The normalized spacial score (nSPS) is 20.4. The Morgan fingerprint density at radius 2 is 2.00 bits per heavy atom. The minimum Gasteiger partial charge on any atom is -0.349 e. The van der Waals surface area contributed by atoms with Crippen molar-refractivity contribution in [1.82, 2.24) is 4.98 Å². The summed E-state index contributed by atoms with van der Waals surface area (Å²) in [4.78, 5) is 3.25. The summed E-state index contributed by atoms with van der Waals surface area (Å²) in [5.41, 5.74) is 3.43. The molecule has 90 valence electrons. The van der Waals surface area contributed by atoms with Gasteiger partial charge in [-0.25, -0.2) is 0 Å². The molecule has 1 aliphatic carbocycles. The highest BCUT2D eigenvalue weighted by Gasteiger charge is 2.37. The summed E-state index contributed by atoms with van der Waals surface area (Å²) in [6, 6.07) is 4.14. The number of pyridine rings is 1. The number of nitriles is 1. The first kappa shape index (κ1) is 12.3. The van der Waals surface area contributed by atoms with Crippen molar-refractivity contribution in [3.05, 3.63) is 27.5 Å². The fraction of sp³-hybridized carbons (Fsp3) is 0.571. The van der Waals surface area contributed by atoms with Crippen molar-refractivity contribution in [2.45, 2.75) is 46.0 Å². The Hall–Kier alpha value is -1.14. The molecule has 0 fully saturated rings. The molecule has 0 aromatic carbocycles. The van der Waals surface area contributed by atoms with Gasteiger partial charge in [-0.15, -0.1) is 0 Å². The van der Waals surface area contributed by atoms with Gasteiger partial charge in [0.15, 0.2) is 0 Å². The number of nitrogens with one attached hydrogen (secondary N) is 1. The first-order valence-electron chi connectivity index (χ1n) is 5.92. The zero-order valence-electron chi connectivity index (χ0n) is 10.8. The lowest BCUT2D eigenvalue weighted by Gasteiger charge is -2.42. The van der Waals surface area contributed by atoms with E-state index in [1.165, 1.54) is 11.3 Å². The second-order valence-electron chi connectivity index (χ2n) is 6.42. The third kappa shape index (κ3) is 2.14. The first-order valence-corrected chi connectivity index (χ1v) is 6.33. The number of nitrogens with zero attached hydrogens (tertiary/aromatic N) is 1. The highest BCUT2D eigenvalue weighted by Crippen LogP contribution is 2.45. The van der Waals surface area contributed by atoms with E-state index in [-0.39, 0.29) is 10.8 Å². The van der Waals surface area contributed by atoms with Crippen LogP contribution in [0.1, 0.15) is 50.9 Å². The summed E-state index contributed by atoms with van der Waals surface area (Å²) in [6.07, 6.45) is 2.13. The topological polar surface area (TPSA) is 39.6 Å². The van der Waals surface area contributed by atoms with Crippen LogP contribution in [0, 0.1) is 21.4 Å². The molecule has 1 N–H and O–H groups in total. The zero-order valence-corrected chi connectivity index (χ0v) is 11.7. The van der Waals surface area contributed by atoms with Crippen LogP contribution in [0.3, 0.4) is 0 Å². The maximum atomic E-state index is 9.06. The number of fused-ring (bicyclic) bond motifs is 1. The molecule has 2 nitrogen and oxygen atoms in total. The largest absolute Gasteiger partial charge is 0.349 e. The van der Waals surface area contributed by atoms with Crippen molar-refractivity contribution < 1.29 is 0 Å². The average Bonchev–Trinajstić information content (AvgIpc) is 2.13. The molecule has 1 aliphatic rings. The highest BCUT2D eigenvalue weighted by molar-refractivity contribution is 7.71. The zero-order chi connectivity index (χ0) is 12.8. The summed E-state index contributed by atoms with van der Waals surface area (Å²) < 4.78 is 0.569. The van der Waals surface area contributed by atoms with Crippen molar-refractivity contribution in [1.29, 1.82) is 5.26 Å². The smallest absolute Gasteiger partial charge is 0.121 e. The van der Waals surface area contributed by atoms with E-state index in [4.69, 9.17) is 17.5 Å². The van der Waals surface area contributed by atoms with Gasteiger partial charge in [-0.2, -0.15) is 5.26 Å². The van der Waals surface area contributed by atoms with Crippen molar-refractivity contribution in [3.8, 4) is 6.07 Å². The van der Waals surface area contributed by atoms with Crippen LogP contribution in [-0.2, 0) is 11.8 Å². The molecule has 0 aliphatic heterocycles. The predicted molar refractivity (Wildman–Crippen MR) is 71.5 cm³/mol. The fourth-order valence-electron chi connectivity index (χ4n) is 3.23. The molecule has 0 bridgehead atoms. The van der Waals surface area contributed by atoms with E-state index in [0.717, 1.165) is 12.8 Å². The standard InChI is InChI=1S/C14H18N2S/c1-13(2)6-11-10(14(3,4)8-13)5-9(7-15)12(17)16-11/h5H,6,8H2,1-4H3,(H,16,17). The van der Waals surface area contributed by atoms with Gasteiger partial charge in [0.2, 0.25) is 0 Å². The minimum absolute atomic E-state index is 0.0994. The second kappa shape index (κ2) is 3.68. The van der Waals surface area contributed by atoms with Gasteiger partial charge >= 0.3 is 0 Å². The molecule has 1 aromatic heterocycles. The third-order valence-corrected chi connectivity index (χ3v) is 3.87. The van der Waals surface area contributed by atoms with Gasteiger partial charge in [-0.3, -0.25) is 0 Å². The van der Waals surface area contributed by atoms with E-state index >= 15 is 0 Å². The number of H-pyrrole nitrogens is 1. The SMILES string of the molecule is CC1(C)Cc2[nH]c(=S)c(C#N)cc2C(C)(C)C1. The van der Waals surface area contributed by atoms with Crippen molar-refractivity contribution in [3.63, 3.8) is 0 Å². The molecule has 0 unspecified atom stereocenters. The molecule has 0 saturated carbocycles. The molecule has 0 radical (unpaired) electrons. The van der Waals surface area contributed by atoms with Crippen LogP contribution in [0.2, 0.25) is 0 Å².